The number of hydrogen-bond donors (Lipinski definition) is 2. The molecule has 0 aliphatic heterocycles. The van der Waals surface area contributed by atoms with Gasteiger partial charge in [-0.1, -0.05) is 17.3 Å². The van der Waals surface area contributed by atoms with E-state index in [9.17, 15) is 8.42 Å². The Labute approximate surface area is 179 Å². The van der Waals surface area contributed by atoms with Crippen LogP contribution in [-0.4, -0.2) is 46.6 Å². The zero-order valence-corrected chi connectivity index (χ0v) is 18.3. The molecule has 0 saturated heterocycles. The third-order valence-electron chi connectivity index (χ3n) is 5.05. The number of aromatic nitrogens is 5. The van der Waals surface area contributed by atoms with Gasteiger partial charge in [-0.25, -0.2) is 17.8 Å². The first-order valence-corrected chi connectivity index (χ1v) is 11.4. The van der Waals surface area contributed by atoms with Crippen LogP contribution in [0.1, 0.15) is 22.6 Å². The summed E-state index contributed by atoms with van der Waals surface area (Å²) in [5, 5.41) is 20.4. The van der Waals surface area contributed by atoms with Crippen molar-refractivity contribution in [3.8, 4) is 5.82 Å². The van der Waals surface area contributed by atoms with Gasteiger partial charge in [0, 0.05) is 24.2 Å². The Kier molecular flexibility index (Phi) is 5.70. The highest BCUT2D eigenvalue weighted by molar-refractivity contribution is 7.88. The Balaban J connectivity index is 1.30. The first-order chi connectivity index (χ1) is 14.8. The minimum absolute atomic E-state index is 0.193. The van der Waals surface area contributed by atoms with Crippen molar-refractivity contribution in [3.63, 3.8) is 0 Å². The molecule has 0 aliphatic rings. The van der Waals surface area contributed by atoms with E-state index in [4.69, 9.17) is 4.52 Å². The SMILES string of the molecule is Cc1nn(-c2ccc(NCCNS(=O)(=O)Cc3noc4ccccc34)nn2)c(C)c1C. The van der Waals surface area contributed by atoms with E-state index in [0.29, 0.717) is 34.8 Å². The number of nitrogens with zero attached hydrogens (tertiary/aromatic N) is 5. The molecule has 2 N–H and O–H groups in total. The van der Waals surface area contributed by atoms with Crippen LogP contribution in [0.15, 0.2) is 40.9 Å². The average Bonchev–Trinajstić information content (AvgIpc) is 3.27. The second-order valence-electron chi connectivity index (χ2n) is 7.19. The van der Waals surface area contributed by atoms with Crippen LogP contribution in [0.25, 0.3) is 16.8 Å². The largest absolute Gasteiger partial charge is 0.367 e. The molecule has 3 heterocycles. The van der Waals surface area contributed by atoms with Crippen LogP contribution < -0.4 is 10.0 Å². The fourth-order valence-electron chi connectivity index (χ4n) is 3.15. The lowest BCUT2D eigenvalue weighted by Gasteiger charge is -2.08. The Bertz CT molecular complexity index is 1310. The normalized spacial score (nSPS) is 11.8. The molecule has 31 heavy (non-hydrogen) atoms. The molecule has 162 valence electrons. The molecule has 4 rings (SSSR count). The molecular formula is C20H23N7O3S. The quantitative estimate of drug-likeness (QED) is 0.399. The molecule has 3 aromatic heterocycles. The molecule has 0 radical (unpaired) electrons. The van der Waals surface area contributed by atoms with Crippen molar-refractivity contribution in [2.75, 3.05) is 18.4 Å². The summed E-state index contributed by atoms with van der Waals surface area (Å²) in [7, 11) is -3.56. The van der Waals surface area contributed by atoms with Gasteiger partial charge in [0.2, 0.25) is 10.0 Å². The van der Waals surface area contributed by atoms with Crippen LogP contribution in [0.5, 0.6) is 0 Å². The summed E-state index contributed by atoms with van der Waals surface area (Å²) in [6.07, 6.45) is 0. The van der Waals surface area contributed by atoms with Gasteiger partial charge >= 0.3 is 0 Å². The van der Waals surface area contributed by atoms with Crippen molar-refractivity contribution in [1.29, 1.82) is 0 Å². The smallest absolute Gasteiger partial charge is 0.217 e. The molecule has 0 fully saturated rings. The highest BCUT2D eigenvalue weighted by Crippen LogP contribution is 2.19. The van der Waals surface area contributed by atoms with Crippen molar-refractivity contribution < 1.29 is 12.9 Å². The van der Waals surface area contributed by atoms with Crippen LogP contribution in [0, 0.1) is 20.8 Å². The fourth-order valence-corrected chi connectivity index (χ4v) is 4.23. The maximum absolute atomic E-state index is 12.4. The number of rotatable bonds is 8. The monoisotopic (exact) mass is 441 g/mol. The second-order valence-corrected chi connectivity index (χ2v) is 9.00. The third-order valence-corrected chi connectivity index (χ3v) is 6.35. The summed E-state index contributed by atoms with van der Waals surface area (Å²) in [6, 6.07) is 10.8. The van der Waals surface area contributed by atoms with E-state index < -0.39 is 10.0 Å². The van der Waals surface area contributed by atoms with Crippen molar-refractivity contribution >= 4 is 26.8 Å². The molecule has 1 aromatic carbocycles. The molecule has 0 bridgehead atoms. The van der Waals surface area contributed by atoms with Crippen LogP contribution in [0.3, 0.4) is 0 Å². The fraction of sp³-hybridized carbons (Fsp3) is 0.300. The van der Waals surface area contributed by atoms with Gasteiger partial charge < -0.3 is 9.84 Å². The minimum atomic E-state index is -3.56. The van der Waals surface area contributed by atoms with Gasteiger partial charge in [-0.05, 0) is 50.6 Å². The molecule has 11 heteroatoms. The van der Waals surface area contributed by atoms with E-state index in [1.54, 1.807) is 22.9 Å². The number of sulfonamides is 1. The highest BCUT2D eigenvalue weighted by atomic mass is 32.2. The van der Waals surface area contributed by atoms with Crippen molar-refractivity contribution in [2.45, 2.75) is 26.5 Å². The maximum Gasteiger partial charge on any atom is 0.217 e. The molecule has 0 unspecified atom stereocenters. The number of aryl methyl sites for hydroxylation is 1. The lowest BCUT2D eigenvalue weighted by molar-refractivity contribution is 0.448. The predicted molar refractivity (Wildman–Crippen MR) is 116 cm³/mol. The Morgan fingerprint density at radius 2 is 1.84 bits per heavy atom. The highest BCUT2D eigenvalue weighted by Gasteiger charge is 2.17. The van der Waals surface area contributed by atoms with Gasteiger partial charge in [0.05, 0.1) is 5.69 Å². The lowest BCUT2D eigenvalue weighted by Crippen LogP contribution is -2.30. The first-order valence-electron chi connectivity index (χ1n) is 9.75. The zero-order chi connectivity index (χ0) is 22.0. The Morgan fingerprint density at radius 3 is 2.55 bits per heavy atom. The zero-order valence-electron chi connectivity index (χ0n) is 17.5. The van der Waals surface area contributed by atoms with E-state index in [1.807, 2.05) is 39.0 Å². The van der Waals surface area contributed by atoms with Crippen LogP contribution >= 0.6 is 0 Å². The predicted octanol–water partition coefficient (Wildman–Crippen LogP) is 2.26. The third kappa shape index (κ3) is 4.57. The number of benzene rings is 1. The van der Waals surface area contributed by atoms with Gasteiger partial charge in [0.25, 0.3) is 0 Å². The lowest BCUT2D eigenvalue weighted by atomic mass is 10.2. The summed E-state index contributed by atoms with van der Waals surface area (Å²) in [5.41, 5.74) is 4.04. The van der Waals surface area contributed by atoms with E-state index in [0.717, 1.165) is 17.0 Å². The molecule has 0 spiro atoms. The van der Waals surface area contributed by atoms with Gasteiger partial charge in [0.15, 0.2) is 11.4 Å². The van der Waals surface area contributed by atoms with E-state index in [1.165, 1.54) is 0 Å². The molecule has 10 nitrogen and oxygen atoms in total. The summed E-state index contributed by atoms with van der Waals surface area (Å²) in [5.74, 6) is 0.920. The van der Waals surface area contributed by atoms with Gasteiger partial charge in [0.1, 0.15) is 17.3 Å². The van der Waals surface area contributed by atoms with Crippen LogP contribution in [0.4, 0.5) is 5.82 Å². The van der Waals surface area contributed by atoms with Crippen molar-refractivity contribution in [1.82, 2.24) is 29.9 Å². The second kappa shape index (κ2) is 8.44. The minimum Gasteiger partial charge on any atom is -0.367 e. The number of para-hydroxylation sites is 1. The van der Waals surface area contributed by atoms with E-state index >= 15 is 0 Å². The topological polar surface area (TPSA) is 128 Å². The number of anilines is 1. The molecule has 0 atom stereocenters. The molecule has 4 aromatic rings. The summed E-state index contributed by atoms with van der Waals surface area (Å²) in [6.45, 7) is 6.50. The summed E-state index contributed by atoms with van der Waals surface area (Å²) < 4.78 is 34.2. The van der Waals surface area contributed by atoms with Crippen molar-refractivity contribution in [2.24, 2.45) is 0 Å². The summed E-state index contributed by atoms with van der Waals surface area (Å²) in [4.78, 5) is 0. The van der Waals surface area contributed by atoms with Gasteiger partial charge in [-0.2, -0.15) is 5.10 Å². The molecule has 0 amide bonds. The van der Waals surface area contributed by atoms with E-state index in [-0.39, 0.29) is 12.3 Å². The number of hydrogen-bond acceptors (Lipinski definition) is 8. The standard InChI is InChI=1S/C20H23N7O3S/c1-13-14(2)25-27(15(13)3)20-9-8-19(23-24-20)21-10-11-22-31(28,29)12-17-16-6-4-5-7-18(16)30-26-17/h4-9,22H,10-12H2,1-3H3,(H,21,23). The number of nitrogens with one attached hydrogen (secondary N) is 2. The van der Waals surface area contributed by atoms with Gasteiger partial charge in [-0.3, -0.25) is 0 Å². The Hall–Kier alpha value is -3.31. The molecule has 0 saturated carbocycles. The average molecular weight is 442 g/mol. The first kappa shape index (κ1) is 20.9. The van der Waals surface area contributed by atoms with Crippen LogP contribution in [0.2, 0.25) is 0 Å². The van der Waals surface area contributed by atoms with Crippen molar-refractivity contribution in [3.05, 3.63) is 59.0 Å². The molecular weight excluding hydrogens is 418 g/mol. The summed E-state index contributed by atoms with van der Waals surface area (Å²) >= 11 is 0. The van der Waals surface area contributed by atoms with Gasteiger partial charge in [-0.15, -0.1) is 10.2 Å². The maximum atomic E-state index is 12.4. The number of fused-ring (bicyclic) bond motifs is 1. The molecule has 0 aliphatic carbocycles. The Morgan fingerprint density at radius 1 is 1.03 bits per heavy atom. The van der Waals surface area contributed by atoms with E-state index in [2.05, 4.69) is 30.5 Å². The van der Waals surface area contributed by atoms with Crippen LogP contribution in [-0.2, 0) is 15.8 Å².